The van der Waals surface area contributed by atoms with Gasteiger partial charge < -0.3 is 0 Å². The summed E-state index contributed by atoms with van der Waals surface area (Å²) in [4.78, 5) is 0. The van der Waals surface area contributed by atoms with Crippen LogP contribution in [-0.2, 0) is 11.0 Å². The monoisotopic (exact) mass is 243 g/mol. The molecule has 1 nitrogen and oxygen atoms in total. The number of rotatable bonds is 5. The average molecular weight is 243 g/mol. The Kier molecular flexibility index (Phi) is 4.46. The third kappa shape index (κ3) is 3.51. The molecule has 0 aliphatic carbocycles. The van der Waals surface area contributed by atoms with Crippen LogP contribution in [0.3, 0.4) is 0 Å². The maximum atomic E-state index is 11.3. The van der Waals surface area contributed by atoms with E-state index in [0.29, 0.717) is 0 Å². The average Bonchev–Trinajstić information content (AvgIpc) is 2.42. The predicted octanol–water partition coefficient (Wildman–Crippen LogP) is 4.38. The molecule has 0 radical (unpaired) electrons. The van der Waals surface area contributed by atoms with Crippen molar-refractivity contribution >= 4 is 8.46 Å². The van der Waals surface area contributed by atoms with Crippen LogP contribution < -0.4 is 0 Å². The maximum absolute atomic E-state index is 11.3. The van der Waals surface area contributed by atoms with Gasteiger partial charge in [-0.2, -0.15) is 0 Å². The van der Waals surface area contributed by atoms with Gasteiger partial charge in [-0.05, 0) is 12.0 Å². The second-order valence-corrected chi connectivity index (χ2v) is 5.04. The first kappa shape index (κ1) is 12.0. The molecule has 0 aliphatic rings. The fourth-order valence-corrected chi connectivity index (χ4v) is 2.53. The Morgan fingerprint density at radius 3 is 2.06 bits per heavy atom. The van der Waals surface area contributed by atoms with E-state index in [2.05, 4.69) is 24.3 Å². The highest BCUT2D eigenvalue weighted by molar-refractivity contribution is 7.24. The second kappa shape index (κ2) is 6.32. The first-order chi connectivity index (χ1) is 8.40. The number of hydrogen-bond acceptors (Lipinski definition) is 1. The fraction of sp³-hybridized carbons (Fsp3) is 0.200. The Labute approximate surface area is 104 Å². The molecule has 2 aromatic carbocycles. The molecule has 2 rings (SSSR count). The van der Waals surface area contributed by atoms with Crippen LogP contribution >= 0.6 is 8.46 Å². The molecule has 0 spiro atoms. The van der Waals surface area contributed by atoms with Crippen molar-refractivity contribution in [3.8, 4) is 0 Å². The Bertz CT molecular complexity index is 453. The zero-order valence-corrected chi connectivity index (χ0v) is 10.7. The van der Waals surface area contributed by atoms with Gasteiger partial charge in [0.2, 0.25) is 0 Å². The van der Waals surface area contributed by atoms with Crippen molar-refractivity contribution in [2.45, 2.75) is 18.5 Å². The zero-order valence-electron chi connectivity index (χ0n) is 9.67. The summed E-state index contributed by atoms with van der Waals surface area (Å²) in [5, 5.41) is 0. The van der Waals surface area contributed by atoms with Crippen molar-refractivity contribution in [2.24, 2.45) is 0 Å². The SMILES string of the molecule is O=[PH+]C(CCc1ccccc1)c1ccccc1. The zero-order chi connectivity index (χ0) is 11.9. The molecule has 0 aromatic heterocycles. The van der Waals surface area contributed by atoms with E-state index in [4.69, 9.17) is 0 Å². The molecule has 17 heavy (non-hydrogen) atoms. The molecule has 0 N–H and O–H groups in total. The molecule has 0 aliphatic heterocycles. The van der Waals surface area contributed by atoms with Gasteiger partial charge in [0.25, 0.3) is 0 Å². The minimum atomic E-state index is -0.272. The van der Waals surface area contributed by atoms with Crippen molar-refractivity contribution in [3.63, 3.8) is 0 Å². The minimum absolute atomic E-state index is 0.163. The largest absolute Gasteiger partial charge is 0.332 e. The van der Waals surface area contributed by atoms with Gasteiger partial charge in [0, 0.05) is 12.0 Å². The van der Waals surface area contributed by atoms with Crippen LogP contribution in [-0.4, -0.2) is 0 Å². The van der Waals surface area contributed by atoms with Crippen LogP contribution in [0.5, 0.6) is 0 Å². The van der Waals surface area contributed by atoms with Gasteiger partial charge in [-0.25, -0.2) is 0 Å². The first-order valence-electron chi connectivity index (χ1n) is 5.86. The van der Waals surface area contributed by atoms with E-state index in [0.717, 1.165) is 12.8 Å². The highest BCUT2D eigenvalue weighted by Crippen LogP contribution is 2.31. The molecule has 0 amide bonds. The third-order valence-corrected chi connectivity index (χ3v) is 3.82. The number of aryl methyl sites for hydroxylation is 1. The molecule has 2 heteroatoms. The van der Waals surface area contributed by atoms with Crippen LogP contribution in [0.15, 0.2) is 60.7 Å². The van der Waals surface area contributed by atoms with Crippen LogP contribution in [0.2, 0.25) is 0 Å². The van der Waals surface area contributed by atoms with Crippen molar-refractivity contribution in [2.75, 3.05) is 0 Å². The van der Waals surface area contributed by atoms with E-state index in [1.807, 2.05) is 36.4 Å². The molecular formula is C15H16OP+. The summed E-state index contributed by atoms with van der Waals surface area (Å²) >= 11 is 0. The van der Waals surface area contributed by atoms with Gasteiger partial charge in [-0.3, -0.25) is 0 Å². The van der Waals surface area contributed by atoms with Crippen LogP contribution in [0.1, 0.15) is 23.2 Å². The molecule has 0 heterocycles. The van der Waals surface area contributed by atoms with Crippen LogP contribution in [0.4, 0.5) is 0 Å². The smallest absolute Gasteiger partial charge is 0.0768 e. The van der Waals surface area contributed by atoms with Crippen LogP contribution in [0, 0.1) is 0 Å². The Hall–Kier alpha value is -1.46. The number of hydrogen-bond donors (Lipinski definition) is 0. The van der Waals surface area contributed by atoms with E-state index < -0.39 is 0 Å². The van der Waals surface area contributed by atoms with Crippen LogP contribution in [0.25, 0.3) is 0 Å². The topological polar surface area (TPSA) is 17.1 Å². The quantitative estimate of drug-likeness (QED) is 0.712. The molecule has 2 aromatic rings. The van der Waals surface area contributed by atoms with E-state index in [-0.39, 0.29) is 14.1 Å². The first-order valence-corrected chi connectivity index (χ1v) is 6.85. The summed E-state index contributed by atoms with van der Waals surface area (Å²) < 4.78 is 11.3. The minimum Gasteiger partial charge on any atom is -0.0768 e. The molecule has 2 atom stereocenters. The van der Waals surface area contributed by atoms with Gasteiger partial charge in [-0.15, -0.1) is 0 Å². The molecule has 0 saturated heterocycles. The van der Waals surface area contributed by atoms with E-state index in [1.54, 1.807) is 0 Å². The standard InChI is InChI=1S/C15H15OP/c16-17-15(14-9-5-2-6-10-14)12-11-13-7-3-1-4-8-13/h1-10,15H,11-12H2/p+1. The van der Waals surface area contributed by atoms with Gasteiger partial charge in [-0.1, -0.05) is 65.2 Å². The Morgan fingerprint density at radius 1 is 0.882 bits per heavy atom. The fourth-order valence-electron chi connectivity index (χ4n) is 1.93. The summed E-state index contributed by atoms with van der Waals surface area (Å²) in [7, 11) is -0.272. The molecular weight excluding hydrogens is 227 g/mol. The summed E-state index contributed by atoms with van der Waals surface area (Å²) in [6, 6.07) is 20.5. The van der Waals surface area contributed by atoms with E-state index in [1.165, 1.54) is 11.1 Å². The lowest BCUT2D eigenvalue weighted by molar-refractivity contribution is 0.587. The summed E-state index contributed by atoms with van der Waals surface area (Å²) in [6.07, 6.45) is 1.92. The van der Waals surface area contributed by atoms with Crippen molar-refractivity contribution in [1.29, 1.82) is 0 Å². The maximum Gasteiger partial charge on any atom is 0.332 e. The van der Waals surface area contributed by atoms with Gasteiger partial charge in [0.1, 0.15) is 0 Å². The Morgan fingerprint density at radius 2 is 1.47 bits per heavy atom. The van der Waals surface area contributed by atoms with E-state index in [9.17, 15) is 4.57 Å². The molecule has 0 bridgehead atoms. The number of benzene rings is 2. The van der Waals surface area contributed by atoms with Gasteiger partial charge in [0.05, 0.1) is 0 Å². The summed E-state index contributed by atoms with van der Waals surface area (Å²) in [5.41, 5.74) is 2.65. The molecule has 86 valence electrons. The summed E-state index contributed by atoms with van der Waals surface area (Å²) in [5.74, 6) is 0. The highest BCUT2D eigenvalue weighted by Gasteiger charge is 2.17. The molecule has 2 unspecified atom stereocenters. The summed E-state index contributed by atoms with van der Waals surface area (Å²) in [6.45, 7) is 0. The third-order valence-electron chi connectivity index (χ3n) is 2.91. The molecule has 0 fully saturated rings. The lowest BCUT2D eigenvalue weighted by Gasteiger charge is -2.04. The van der Waals surface area contributed by atoms with E-state index >= 15 is 0 Å². The van der Waals surface area contributed by atoms with Crippen molar-refractivity contribution in [3.05, 3.63) is 71.8 Å². The van der Waals surface area contributed by atoms with Crippen molar-refractivity contribution < 1.29 is 4.57 Å². The van der Waals surface area contributed by atoms with Gasteiger partial charge in [0.15, 0.2) is 5.66 Å². The predicted molar refractivity (Wildman–Crippen MR) is 72.9 cm³/mol. The molecule has 0 saturated carbocycles. The second-order valence-electron chi connectivity index (χ2n) is 4.11. The Balaban J connectivity index is 2.00. The van der Waals surface area contributed by atoms with Gasteiger partial charge >= 0.3 is 8.46 Å². The van der Waals surface area contributed by atoms with Crippen molar-refractivity contribution in [1.82, 2.24) is 0 Å². The normalized spacial score (nSPS) is 12.5. The lowest BCUT2D eigenvalue weighted by atomic mass is 10.0. The lowest BCUT2D eigenvalue weighted by Crippen LogP contribution is -1.93. The highest BCUT2D eigenvalue weighted by atomic mass is 31.1.